The Hall–Kier alpha value is -2.64. The molecule has 2 aromatic heterocycles. The Morgan fingerprint density at radius 1 is 1.10 bits per heavy atom. The van der Waals surface area contributed by atoms with Crippen LogP contribution in [0.3, 0.4) is 0 Å². The zero-order chi connectivity index (χ0) is 20.9. The molecule has 0 spiro atoms. The summed E-state index contributed by atoms with van der Waals surface area (Å²) >= 11 is 3.38. The number of thiazole rings is 1. The van der Waals surface area contributed by atoms with Crippen molar-refractivity contribution in [3.8, 4) is 16.3 Å². The molecule has 0 aliphatic carbocycles. The molecule has 30 heavy (non-hydrogen) atoms. The molecule has 2 aromatic carbocycles. The Morgan fingerprint density at radius 2 is 1.93 bits per heavy atom. The van der Waals surface area contributed by atoms with Crippen molar-refractivity contribution in [2.24, 2.45) is 0 Å². The van der Waals surface area contributed by atoms with Crippen molar-refractivity contribution in [3.63, 3.8) is 0 Å². The molecular weight excluding hydrogens is 412 g/mol. The summed E-state index contributed by atoms with van der Waals surface area (Å²) in [7, 11) is 1.68. The van der Waals surface area contributed by atoms with Crippen molar-refractivity contribution in [2.45, 2.75) is 37.7 Å². The minimum absolute atomic E-state index is 0.750. The van der Waals surface area contributed by atoms with Gasteiger partial charge in [0.1, 0.15) is 16.6 Å². The minimum Gasteiger partial charge on any atom is -0.497 e. The highest BCUT2D eigenvalue weighted by Crippen LogP contribution is 2.28. The maximum absolute atomic E-state index is 5.24. The summed E-state index contributed by atoms with van der Waals surface area (Å²) in [5.41, 5.74) is 4.69. The van der Waals surface area contributed by atoms with Gasteiger partial charge in [-0.3, -0.25) is 0 Å². The molecule has 0 radical (unpaired) electrons. The predicted octanol–water partition coefficient (Wildman–Crippen LogP) is 5.62. The summed E-state index contributed by atoms with van der Waals surface area (Å²) in [5.74, 6) is 2.62. The molecule has 0 N–H and O–H groups in total. The van der Waals surface area contributed by atoms with Crippen LogP contribution in [0.4, 0.5) is 0 Å². The molecule has 5 nitrogen and oxygen atoms in total. The first-order chi connectivity index (χ1) is 14.7. The zero-order valence-corrected chi connectivity index (χ0v) is 19.0. The number of methoxy groups -OCH3 is 1. The molecule has 0 aliphatic heterocycles. The van der Waals surface area contributed by atoms with Crippen LogP contribution in [-0.2, 0) is 18.7 Å². The highest BCUT2D eigenvalue weighted by atomic mass is 32.2. The first-order valence-electron chi connectivity index (χ1n) is 9.85. The van der Waals surface area contributed by atoms with Gasteiger partial charge in [0.05, 0.1) is 12.8 Å². The van der Waals surface area contributed by atoms with E-state index in [0.717, 1.165) is 46.2 Å². The van der Waals surface area contributed by atoms with Gasteiger partial charge < -0.3 is 9.30 Å². The van der Waals surface area contributed by atoms with Crippen molar-refractivity contribution in [1.82, 2.24) is 19.7 Å². The first kappa shape index (κ1) is 20.6. The zero-order valence-electron chi connectivity index (χ0n) is 17.3. The Morgan fingerprint density at radius 3 is 2.67 bits per heavy atom. The maximum Gasteiger partial charge on any atom is 0.191 e. The van der Waals surface area contributed by atoms with Gasteiger partial charge >= 0.3 is 0 Å². The van der Waals surface area contributed by atoms with Gasteiger partial charge in [-0.1, -0.05) is 47.7 Å². The van der Waals surface area contributed by atoms with Gasteiger partial charge in [-0.15, -0.1) is 21.5 Å². The molecule has 154 valence electrons. The van der Waals surface area contributed by atoms with E-state index in [-0.39, 0.29) is 0 Å². The third-order valence-corrected chi connectivity index (χ3v) is 6.74. The number of hydrogen-bond acceptors (Lipinski definition) is 6. The van der Waals surface area contributed by atoms with Gasteiger partial charge in [-0.05, 0) is 37.6 Å². The molecule has 0 aliphatic rings. The quantitative estimate of drug-likeness (QED) is 0.336. The molecule has 0 fully saturated rings. The average Bonchev–Trinajstić information content (AvgIpc) is 3.39. The van der Waals surface area contributed by atoms with Crippen LogP contribution >= 0.6 is 23.1 Å². The molecule has 0 saturated heterocycles. The summed E-state index contributed by atoms with van der Waals surface area (Å²) in [5, 5.41) is 13.0. The van der Waals surface area contributed by atoms with E-state index in [9.17, 15) is 0 Å². The second kappa shape index (κ2) is 9.45. The van der Waals surface area contributed by atoms with Crippen molar-refractivity contribution in [3.05, 3.63) is 76.6 Å². The smallest absolute Gasteiger partial charge is 0.191 e. The average molecular weight is 437 g/mol. The van der Waals surface area contributed by atoms with Crippen LogP contribution in [0.5, 0.6) is 5.75 Å². The Bertz CT molecular complexity index is 1120. The number of benzene rings is 2. The summed E-state index contributed by atoms with van der Waals surface area (Å²) in [6.45, 7) is 5.07. The summed E-state index contributed by atoms with van der Waals surface area (Å²) in [6.07, 6.45) is 0.750. The van der Waals surface area contributed by atoms with Gasteiger partial charge in [0.25, 0.3) is 0 Å². The molecule has 0 saturated carbocycles. The molecule has 4 rings (SSSR count). The van der Waals surface area contributed by atoms with E-state index >= 15 is 0 Å². The normalized spacial score (nSPS) is 11.0. The van der Waals surface area contributed by atoms with E-state index in [2.05, 4.69) is 70.4 Å². The fraction of sp³-hybridized carbons (Fsp3) is 0.261. The van der Waals surface area contributed by atoms with E-state index in [1.54, 1.807) is 30.2 Å². The van der Waals surface area contributed by atoms with Crippen LogP contribution in [0, 0.1) is 6.92 Å². The van der Waals surface area contributed by atoms with Crippen molar-refractivity contribution >= 4 is 23.1 Å². The van der Waals surface area contributed by atoms with Gasteiger partial charge in [0, 0.05) is 29.7 Å². The van der Waals surface area contributed by atoms with Crippen LogP contribution in [0.2, 0.25) is 0 Å². The molecule has 0 atom stereocenters. The third kappa shape index (κ3) is 4.74. The molecule has 0 unspecified atom stereocenters. The number of rotatable bonds is 8. The molecule has 0 bridgehead atoms. The second-order valence-corrected chi connectivity index (χ2v) is 8.77. The number of hydrogen-bond donors (Lipinski definition) is 0. The van der Waals surface area contributed by atoms with Crippen LogP contribution < -0.4 is 4.74 Å². The Balaban J connectivity index is 1.44. The lowest BCUT2D eigenvalue weighted by Gasteiger charge is -2.07. The lowest BCUT2D eigenvalue weighted by molar-refractivity contribution is 0.414. The van der Waals surface area contributed by atoms with Crippen molar-refractivity contribution in [2.75, 3.05) is 7.11 Å². The standard InChI is InChI=1S/C23H24N4OS2/c1-4-27-21(13-17-8-10-20(28-3)11-9-17)25-26-23(27)30-15-19-14-29-22(24-19)18-7-5-6-16(2)12-18/h5-12,14H,4,13,15H2,1-3H3. The number of aryl methyl sites for hydroxylation is 1. The van der Waals surface area contributed by atoms with Crippen LogP contribution in [-0.4, -0.2) is 26.9 Å². The largest absolute Gasteiger partial charge is 0.497 e. The van der Waals surface area contributed by atoms with E-state index in [4.69, 9.17) is 9.72 Å². The fourth-order valence-corrected chi connectivity index (χ4v) is 5.06. The van der Waals surface area contributed by atoms with E-state index in [1.165, 1.54) is 16.7 Å². The van der Waals surface area contributed by atoms with Gasteiger partial charge in [-0.2, -0.15) is 0 Å². The minimum atomic E-state index is 0.750. The highest BCUT2D eigenvalue weighted by molar-refractivity contribution is 7.98. The number of aromatic nitrogens is 4. The van der Waals surface area contributed by atoms with E-state index < -0.39 is 0 Å². The highest BCUT2D eigenvalue weighted by Gasteiger charge is 2.13. The lowest BCUT2D eigenvalue weighted by atomic mass is 10.1. The monoisotopic (exact) mass is 436 g/mol. The van der Waals surface area contributed by atoms with Crippen molar-refractivity contribution in [1.29, 1.82) is 0 Å². The van der Waals surface area contributed by atoms with Crippen LogP contribution in [0.1, 0.15) is 29.6 Å². The maximum atomic E-state index is 5.24. The van der Waals surface area contributed by atoms with Crippen LogP contribution in [0.25, 0.3) is 10.6 Å². The molecule has 7 heteroatoms. The number of ether oxygens (including phenoxy) is 1. The number of nitrogens with zero attached hydrogens (tertiary/aromatic N) is 4. The molecular formula is C23H24N4OS2. The fourth-order valence-electron chi connectivity index (χ4n) is 3.22. The van der Waals surface area contributed by atoms with E-state index in [0.29, 0.717) is 0 Å². The lowest BCUT2D eigenvalue weighted by Crippen LogP contribution is -2.04. The second-order valence-electron chi connectivity index (χ2n) is 6.97. The van der Waals surface area contributed by atoms with Gasteiger partial charge in [-0.25, -0.2) is 4.98 Å². The van der Waals surface area contributed by atoms with Gasteiger partial charge in [0.2, 0.25) is 0 Å². The molecule has 4 aromatic rings. The number of thioether (sulfide) groups is 1. The topological polar surface area (TPSA) is 52.8 Å². The van der Waals surface area contributed by atoms with Gasteiger partial charge in [0.15, 0.2) is 5.16 Å². The van der Waals surface area contributed by atoms with Crippen LogP contribution in [0.15, 0.2) is 59.1 Å². The van der Waals surface area contributed by atoms with E-state index in [1.807, 2.05) is 12.1 Å². The Labute approximate surface area is 185 Å². The third-order valence-electron chi connectivity index (χ3n) is 4.80. The first-order valence-corrected chi connectivity index (χ1v) is 11.7. The predicted molar refractivity (Wildman–Crippen MR) is 123 cm³/mol. The molecule has 2 heterocycles. The SMILES string of the molecule is CCn1c(Cc2ccc(OC)cc2)nnc1SCc1csc(-c2cccc(C)c2)n1. The molecule has 0 amide bonds. The summed E-state index contributed by atoms with van der Waals surface area (Å²) in [6, 6.07) is 16.6. The summed E-state index contributed by atoms with van der Waals surface area (Å²) < 4.78 is 7.42. The van der Waals surface area contributed by atoms with Crippen molar-refractivity contribution < 1.29 is 4.74 Å². The Kier molecular flexibility index (Phi) is 6.50. The summed E-state index contributed by atoms with van der Waals surface area (Å²) in [4.78, 5) is 4.81.